The van der Waals surface area contributed by atoms with Crippen molar-refractivity contribution in [1.82, 2.24) is 4.90 Å². The van der Waals surface area contributed by atoms with E-state index in [2.05, 4.69) is 4.90 Å². The smallest absolute Gasteiger partial charge is 0.0552 e. The zero-order chi connectivity index (χ0) is 8.27. The number of hydrogen-bond acceptors (Lipinski definition) is 2. The molecular formula is C8H16ClNO. The number of aliphatic hydroxyl groups is 1. The minimum Gasteiger partial charge on any atom is -0.393 e. The molecule has 3 heteroatoms. The van der Waals surface area contributed by atoms with Crippen LogP contribution in [0.1, 0.15) is 13.3 Å². The third-order valence-corrected chi connectivity index (χ3v) is 2.56. The molecule has 2 unspecified atom stereocenters. The van der Waals surface area contributed by atoms with E-state index in [-0.39, 0.29) is 6.10 Å². The number of hydrogen-bond donors (Lipinski definition) is 1. The Hall–Kier alpha value is 0.210. The van der Waals surface area contributed by atoms with E-state index in [9.17, 15) is 5.11 Å². The number of alkyl halides is 1. The molecule has 11 heavy (non-hydrogen) atoms. The fourth-order valence-corrected chi connectivity index (χ4v) is 1.82. The molecule has 0 aromatic carbocycles. The lowest BCUT2D eigenvalue weighted by Crippen LogP contribution is -2.25. The molecule has 1 rings (SSSR count). The van der Waals surface area contributed by atoms with Gasteiger partial charge in [-0.25, -0.2) is 0 Å². The highest BCUT2D eigenvalue weighted by atomic mass is 35.5. The number of likely N-dealkylation sites (tertiary alicyclic amines) is 1. The van der Waals surface area contributed by atoms with Crippen molar-refractivity contribution >= 4 is 11.6 Å². The van der Waals surface area contributed by atoms with Crippen LogP contribution < -0.4 is 0 Å². The predicted octanol–water partition coefficient (Wildman–Crippen LogP) is 0.928. The van der Waals surface area contributed by atoms with E-state index in [0.29, 0.717) is 11.8 Å². The van der Waals surface area contributed by atoms with E-state index >= 15 is 0 Å². The van der Waals surface area contributed by atoms with Crippen molar-refractivity contribution in [3.8, 4) is 0 Å². The summed E-state index contributed by atoms with van der Waals surface area (Å²) in [6, 6.07) is 0. The highest BCUT2D eigenvalue weighted by molar-refractivity contribution is 6.18. The van der Waals surface area contributed by atoms with Crippen molar-refractivity contribution in [2.24, 2.45) is 5.92 Å². The van der Waals surface area contributed by atoms with E-state index in [1.54, 1.807) is 0 Å². The Balaban J connectivity index is 2.23. The fourth-order valence-electron chi connectivity index (χ4n) is 1.58. The normalized spacial score (nSPS) is 29.2. The van der Waals surface area contributed by atoms with E-state index in [4.69, 9.17) is 11.6 Å². The van der Waals surface area contributed by atoms with Gasteiger partial charge in [0.05, 0.1) is 6.10 Å². The first-order valence-electron chi connectivity index (χ1n) is 4.20. The molecule has 1 saturated heterocycles. The summed E-state index contributed by atoms with van der Waals surface area (Å²) in [4.78, 5) is 2.31. The molecule has 1 heterocycles. The number of rotatable bonds is 3. The average molecular weight is 178 g/mol. The molecular weight excluding hydrogens is 162 g/mol. The number of aliphatic hydroxyl groups excluding tert-OH is 1. The van der Waals surface area contributed by atoms with E-state index < -0.39 is 0 Å². The molecule has 0 radical (unpaired) electrons. The highest BCUT2D eigenvalue weighted by Crippen LogP contribution is 2.18. The molecule has 2 atom stereocenters. The SMILES string of the molecule is CC(O)C1CCN(CCCl)C1. The van der Waals surface area contributed by atoms with Crippen LogP contribution in [0.3, 0.4) is 0 Å². The summed E-state index contributed by atoms with van der Waals surface area (Å²) in [6.07, 6.45) is 0.962. The Morgan fingerprint density at radius 2 is 2.45 bits per heavy atom. The Kier molecular flexibility index (Phi) is 3.63. The van der Waals surface area contributed by atoms with Gasteiger partial charge in [0.2, 0.25) is 0 Å². The van der Waals surface area contributed by atoms with Crippen LogP contribution in [-0.4, -0.2) is 41.6 Å². The van der Waals surface area contributed by atoms with Gasteiger partial charge >= 0.3 is 0 Å². The molecule has 0 spiro atoms. The van der Waals surface area contributed by atoms with Crippen LogP contribution in [0.4, 0.5) is 0 Å². The summed E-state index contributed by atoms with van der Waals surface area (Å²) >= 11 is 5.60. The van der Waals surface area contributed by atoms with Crippen LogP contribution in [0.2, 0.25) is 0 Å². The van der Waals surface area contributed by atoms with Gasteiger partial charge in [0.1, 0.15) is 0 Å². The molecule has 2 nitrogen and oxygen atoms in total. The van der Waals surface area contributed by atoms with Gasteiger partial charge in [0.15, 0.2) is 0 Å². The number of halogens is 1. The first-order valence-corrected chi connectivity index (χ1v) is 4.74. The van der Waals surface area contributed by atoms with Crippen LogP contribution in [0.25, 0.3) is 0 Å². The van der Waals surface area contributed by atoms with Crippen LogP contribution in [0.15, 0.2) is 0 Å². The molecule has 1 N–H and O–H groups in total. The van der Waals surface area contributed by atoms with Gasteiger partial charge < -0.3 is 10.0 Å². The minimum absolute atomic E-state index is 0.157. The molecule has 0 amide bonds. The van der Waals surface area contributed by atoms with Crippen molar-refractivity contribution in [2.75, 3.05) is 25.5 Å². The summed E-state index contributed by atoms with van der Waals surface area (Å²) in [5.74, 6) is 1.17. The van der Waals surface area contributed by atoms with Crippen molar-refractivity contribution in [2.45, 2.75) is 19.4 Å². The molecule has 0 aromatic heterocycles. The van der Waals surface area contributed by atoms with E-state index in [1.165, 1.54) is 0 Å². The maximum absolute atomic E-state index is 9.28. The zero-order valence-electron chi connectivity index (χ0n) is 6.96. The van der Waals surface area contributed by atoms with Crippen molar-refractivity contribution in [1.29, 1.82) is 0 Å². The van der Waals surface area contributed by atoms with Crippen LogP contribution in [-0.2, 0) is 0 Å². The second-order valence-corrected chi connectivity index (χ2v) is 3.66. The van der Waals surface area contributed by atoms with Gasteiger partial charge in [-0.3, -0.25) is 0 Å². The predicted molar refractivity (Wildman–Crippen MR) is 46.9 cm³/mol. The summed E-state index contributed by atoms with van der Waals surface area (Å²) in [6.45, 7) is 4.95. The van der Waals surface area contributed by atoms with Crippen molar-refractivity contribution in [3.63, 3.8) is 0 Å². The first-order chi connectivity index (χ1) is 5.24. The molecule has 66 valence electrons. The lowest BCUT2D eigenvalue weighted by molar-refractivity contribution is 0.128. The first kappa shape index (κ1) is 9.30. The summed E-state index contributed by atoms with van der Waals surface area (Å²) in [7, 11) is 0. The monoisotopic (exact) mass is 177 g/mol. The largest absolute Gasteiger partial charge is 0.393 e. The van der Waals surface area contributed by atoms with Crippen LogP contribution in [0, 0.1) is 5.92 Å². The molecule has 1 aliphatic rings. The second-order valence-electron chi connectivity index (χ2n) is 3.28. The molecule has 0 bridgehead atoms. The third-order valence-electron chi connectivity index (χ3n) is 2.39. The summed E-state index contributed by atoms with van der Waals surface area (Å²) in [5, 5.41) is 9.28. The minimum atomic E-state index is -0.157. The van der Waals surface area contributed by atoms with Gasteiger partial charge in [-0.05, 0) is 25.8 Å². The Morgan fingerprint density at radius 3 is 2.91 bits per heavy atom. The second kappa shape index (κ2) is 4.29. The molecule has 0 saturated carbocycles. The van der Waals surface area contributed by atoms with Gasteiger partial charge in [0.25, 0.3) is 0 Å². The Labute approximate surface area is 73.1 Å². The molecule has 1 aliphatic heterocycles. The fraction of sp³-hybridized carbons (Fsp3) is 1.00. The topological polar surface area (TPSA) is 23.5 Å². The molecule has 1 fully saturated rings. The maximum atomic E-state index is 9.28. The molecule has 0 aliphatic carbocycles. The standard InChI is InChI=1S/C8H16ClNO/c1-7(11)8-2-4-10(6-8)5-3-9/h7-8,11H,2-6H2,1H3. The average Bonchev–Trinajstić information content (AvgIpc) is 2.37. The zero-order valence-corrected chi connectivity index (χ0v) is 7.72. The summed E-state index contributed by atoms with van der Waals surface area (Å²) in [5.41, 5.74) is 0. The van der Waals surface area contributed by atoms with Crippen LogP contribution >= 0.6 is 11.6 Å². The van der Waals surface area contributed by atoms with Gasteiger partial charge in [0, 0.05) is 19.0 Å². The van der Waals surface area contributed by atoms with Crippen molar-refractivity contribution in [3.05, 3.63) is 0 Å². The lowest BCUT2D eigenvalue weighted by Gasteiger charge is -2.15. The van der Waals surface area contributed by atoms with Crippen LogP contribution in [0.5, 0.6) is 0 Å². The number of nitrogens with zero attached hydrogens (tertiary/aromatic N) is 1. The van der Waals surface area contributed by atoms with Crippen molar-refractivity contribution < 1.29 is 5.11 Å². The molecule has 0 aromatic rings. The third kappa shape index (κ3) is 2.62. The maximum Gasteiger partial charge on any atom is 0.0552 e. The highest BCUT2D eigenvalue weighted by Gasteiger charge is 2.24. The van der Waals surface area contributed by atoms with Gasteiger partial charge in [-0.15, -0.1) is 11.6 Å². The van der Waals surface area contributed by atoms with Gasteiger partial charge in [-0.1, -0.05) is 0 Å². The quantitative estimate of drug-likeness (QED) is 0.649. The summed E-state index contributed by atoms with van der Waals surface area (Å²) < 4.78 is 0. The van der Waals surface area contributed by atoms with E-state index in [0.717, 1.165) is 26.1 Å². The Morgan fingerprint density at radius 1 is 1.73 bits per heavy atom. The lowest BCUT2D eigenvalue weighted by atomic mass is 10.0. The Bertz CT molecular complexity index is 119. The van der Waals surface area contributed by atoms with E-state index in [1.807, 2.05) is 6.92 Å². The van der Waals surface area contributed by atoms with Gasteiger partial charge in [-0.2, -0.15) is 0 Å².